The molecule has 0 N–H and O–H groups in total. The number of carboxylic acids is 1. The van der Waals surface area contributed by atoms with E-state index in [0.717, 1.165) is 64.2 Å². The zero-order valence-electron chi connectivity index (χ0n) is 42.4. The van der Waals surface area contributed by atoms with Gasteiger partial charge in [-0.25, -0.2) is 0 Å². The van der Waals surface area contributed by atoms with E-state index in [-0.39, 0.29) is 42.7 Å². The number of unbranched alkanes of at least 4 members (excludes halogenated alkanes) is 28. The summed E-state index contributed by atoms with van der Waals surface area (Å²) >= 11 is 0. The van der Waals surface area contributed by atoms with Crippen LogP contribution >= 0.6 is 0 Å². The highest BCUT2D eigenvalue weighted by Crippen LogP contribution is 2.15. The molecule has 2 atom stereocenters. The largest absolute Gasteiger partial charge is 0.544 e. The Labute approximate surface area is 395 Å². The molecule has 0 fully saturated rings. The molecule has 8 nitrogen and oxygen atoms in total. The summed E-state index contributed by atoms with van der Waals surface area (Å²) in [6.07, 6.45) is 57.1. The molecule has 64 heavy (non-hydrogen) atoms. The number of ether oxygens (including phenoxy) is 3. The summed E-state index contributed by atoms with van der Waals surface area (Å²) in [5, 5.41) is 11.7. The van der Waals surface area contributed by atoms with E-state index < -0.39 is 18.1 Å². The van der Waals surface area contributed by atoms with Crippen molar-refractivity contribution >= 4 is 17.9 Å². The van der Waals surface area contributed by atoms with E-state index in [0.29, 0.717) is 12.8 Å². The van der Waals surface area contributed by atoms with Crippen molar-refractivity contribution < 1.29 is 38.2 Å². The molecule has 0 heterocycles. The van der Waals surface area contributed by atoms with Crippen LogP contribution in [0.15, 0.2) is 48.6 Å². The highest BCUT2D eigenvalue weighted by molar-refractivity contribution is 5.70. The number of carbonyl (C=O) groups excluding carboxylic acids is 3. The first-order chi connectivity index (χ1) is 31.1. The summed E-state index contributed by atoms with van der Waals surface area (Å²) in [5.41, 5.74) is 0. The van der Waals surface area contributed by atoms with Crippen LogP contribution in [0.4, 0.5) is 0 Å². The quantitative estimate of drug-likeness (QED) is 0.0197. The predicted molar refractivity (Wildman–Crippen MR) is 268 cm³/mol. The molecule has 0 aromatic rings. The SMILES string of the molecule is CCCCCCC/C=C/C=C/C=C/CCCCCCCC(=O)OC(COCCC(C(=O)[O-])[N+](C)(C)C)COC(=O)CCCCCCCCC/C=C/CCCCCCCCCCCCC. The minimum Gasteiger partial charge on any atom is -0.544 e. The fraction of sp³-hybridized carbons (Fsp3) is 0.804. The fourth-order valence-electron chi connectivity index (χ4n) is 7.83. The van der Waals surface area contributed by atoms with Gasteiger partial charge in [-0.1, -0.05) is 204 Å². The van der Waals surface area contributed by atoms with Crippen LogP contribution in [0, 0.1) is 0 Å². The highest BCUT2D eigenvalue weighted by Gasteiger charge is 2.25. The maximum absolute atomic E-state index is 12.8. The standard InChI is InChI=1S/C56H101NO7/c1-6-8-10-12-14-16-18-20-22-24-26-27-28-29-31-32-34-36-38-40-42-44-46-54(58)63-51-52(50-62-49-48-53(56(60)61)57(3,4)5)64-55(59)47-45-43-41-39-37-35-33-30-25-23-21-19-17-15-13-11-9-7-2/h19,21,23,25,28-30,33,52-53H,6-18,20,22,24,26-27,31-32,34-51H2,1-5H3/b21-19+,25-23+,29-28+,33-30+. The van der Waals surface area contributed by atoms with Crippen LogP contribution < -0.4 is 5.11 Å². The molecule has 0 saturated heterocycles. The Hall–Kier alpha value is -2.71. The van der Waals surface area contributed by atoms with Crippen molar-refractivity contribution in [1.29, 1.82) is 0 Å². The summed E-state index contributed by atoms with van der Waals surface area (Å²) in [4.78, 5) is 37.1. The number of carboxylic acid groups (broad SMARTS) is 1. The van der Waals surface area contributed by atoms with Crippen molar-refractivity contribution in [2.75, 3.05) is 41.0 Å². The Morgan fingerprint density at radius 1 is 0.469 bits per heavy atom. The first kappa shape index (κ1) is 61.3. The molecule has 8 heteroatoms. The topological polar surface area (TPSA) is 102 Å². The number of nitrogens with zero attached hydrogens (tertiary/aromatic N) is 1. The molecule has 0 radical (unpaired) electrons. The minimum atomic E-state index is -1.13. The van der Waals surface area contributed by atoms with Gasteiger partial charge in [0.15, 0.2) is 6.10 Å². The maximum atomic E-state index is 12.8. The molecular formula is C56H101NO7. The summed E-state index contributed by atoms with van der Waals surface area (Å²) in [5.74, 6) is -1.76. The number of allylic oxidation sites excluding steroid dienone is 8. The van der Waals surface area contributed by atoms with Gasteiger partial charge in [0.25, 0.3) is 0 Å². The number of likely N-dealkylation sites (N-methyl/N-ethyl adjacent to an activating group) is 1. The van der Waals surface area contributed by atoms with Gasteiger partial charge < -0.3 is 28.6 Å². The molecule has 0 saturated carbocycles. The summed E-state index contributed by atoms with van der Waals surface area (Å²) < 4.78 is 17.2. The van der Waals surface area contributed by atoms with Crippen molar-refractivity contribution in [2.24, 2.45) is 0 Å². The predicted octanol–water partition coefficient (Wildman–Crippen LogP) is 14.2. The number of quaternary nitrogens is 1. The van der Waals surface area contributed by atoms with Crippen LogP contribution in [0.2, 0.25) is 0 Å². The van der Waals surface area contributed by atoms with Gasteiger partial charge in [-0.2, -0.15) is 0 Å². The minimum absolute atomic E-state index is 0.0310. The van der Waals surface area contributed by atoms with Crippen LogP contribution in [-0.4, -0.2) is 75.5 Å². The Bertz CT molecular complexity index is 1190. The second kappa shape index (κ2) is 46.8. The number of hydrogen-bond donors (Lipinski definition) is 0. The van der Waals surface area contributed by atoms with Gasteiger partial charge in [0.05, 0.1) is 40.3 Å². The second-order valence-electron chi connectivity index (χ2n) is 19.2. The smallest absolute Gasteiger partial charge is 0.306 e. The molecular weight excluding hydrogens is 799 g/mol. The first-order valence-electron chi connectivity index (χ1n) is 26.7. The van der Waals surface area contributed by atoms with Gasteiger partial charge in [0, 0.05) is 19.3 Å². The van der Waals surface area contributed by atoms with Gasteiger partial charge in [-0.05, 0) is 64.2 Å². The number of hydrogen-bond acceptors (Lipinski definition) is 7. The van der Waals surface area contributed by atoms with Crippen LogP contribution in [0.5, 0.6) is 0 Å². The average Bonchev–Trinajstić information content (AvgIpc) is 3.26. The summed E-state index contributed by atoms with van der Waals surface area (Å²) in [6.45, 7) is 4.65. The van der Waals surface area contributed by atoms with E-state index in [2.05, 4.69) is 62.5 Å². The Morgan fingerprint density at radius 2 is 0.844 bits per heavy atom. The van der Waals surface area contributed by atoms with Crippen LogP contribution in [0.25, 0.3) is 0 Å². The number of aliphatic carboxylic acids is 1. The Morgan fingerprint density at radius 3 is 1.25 bits per heavy atom. The van der Waals surface area contributed by atoms with Crippen molar-refractivity contribution in [2.45, 2.75) is 251 Å². The van der Waals surface area contributed by atoms with Gasteiger partial charge in [0.2, 0.25) is 0 Å². The van der Waals surface area contributed by atoms with Gasteiger partial charge in [0.1, 0.15) is 12.6 Å². The lowest BCUT2D eigenvalue weighted by molar-refractivity contribution is -0.889. The third-order valence-electron chi connectivity index (χ3n) is 12.0. The number of esters is 2. The zero-order valence-corrected chi connectivity index (χ0v) is 42.4. The molecule has 0 rings (SSSR count). The maximum Gasteiger partial charge on any atom is 0.306 e. The summed E-state index contributed by atoms with van der Waals surface area (Å²) in [7, 11) is 5.41. The van der Waals surface area contributed by atoms with Gasteiger partial charge in [-0.15, -0.1) is 0 Å². The van der Waals surface area contributed by atoms with Crippen LogP contribution in [0.3, 0.4) is 0 Å². The van der Waals surface area contributed by atoms with E-state index >= 15 is 0 Å². The molecule has 0 amide bonds. The van der Waals surface area contributed by atoms with E-state index in [4.69, 9.17) is 14.2 Å². The molecule has 0 aliphatic carbocycles. The van der Waals surface area contributed by atoms with E-state index in [9.17, 15) is 19.5 Å². The third kappa shape index (κ3) is 44.5. The third-order valence-corrected chi connectivity index (χ3v) is 12.0. The van der Waals surface area contributed by atoms with Crippen molar-refractivity contribution in [3.63, 3.8) is 0 Å². The Balaban J connectivity index is 4.25. The van der Waals surface area contributed by atoms with Crippen molar-refractivity contribution in [3.05, 3.63) is 48.6 Å². The lowest BCUT2D eigenvalue weighted by Gasteiger charge is -2.34. The Kier molecular flexibility index (Phi) is 44.8. The van der Waals surface area contributed by atoms with Gasteiger partial charge >= 0.3 is 11.9 Å². The first-order valence-corrected chi connectivity index (χ1v) is 26.7. The van der Waals surface area contributed by atoms with E-state index in [1.54, 1.807) is 21.1 Å². The molecule has 0 bridgehead atoms. The normalized spacial score (nSPS) is 13.2. The average molecular weight is 900 g/mol. The molecule has 372 valence electrons. The van der Waals surface area contributed by atoms with Gasteiger partial charge in [-0.3, -0.25) is 9.59 Å². The molecule has 0 aromatic heterocycles. The van der Waals surface area contributed by atoms with Crippen molar-refractivity contribution in [1.82, 2.24) is 0 Å². The molecule has 0 aliphatic heterocycles. The van der Waals surface area contributed by atoms with Crippen LogP contribution in [-0.2, 0) is 28.6 Å². The van der Waals surface area contributed by atoms with E-state index in [1.165, 1.54) is 141 Å². The summed E-state index contributed by atoms with van der Waals surface area (Å²) in [6, 6.07) is -0.732. The van der Waals surface area contributed by atoms with Crippen molar-refractivity contribution in [3.8, 4) is 0 Å². The number of carbonyl (C=O) groups is 3. The van der Waals surface area contributed by atoms with E-state index in [1.807, 2.05) is 0 Å². The molecule has 0 spiro atoms. The molecule has 0 aliphatic rings. The highest BCUT2D eigenvalue weighted by atomic mass is 16.6. The fourth-order valence-corrected chi connectivity index (χ4v) is 7.83. The molecule has 2 unspecified atom stereocenters. The monoisotopic (exact) mass is 900 g/mol. The van der Waals surface area contributed by atoms with Crippen LogP contribution in [0.1, 0.15) is 239 Å². The lowest BCUT2D eigenvalue weighted by atomic mass is 10.0. The molecule has 0 aromatic carbocycles. The zero-order chi connectivity index (χ0) is 47.0. The second-order valence-corrected chi connectivity index (χ2v) is 19.2. The lowest BCUT2D eigenvalue weighted by Crippen LogP contribution is -2.55. The number of rotatable bonds is 48.